The highest BCUT2D eigenvalue weighted by atomic mass is 32.1. The number of unbranched alkanes of at least 4 members (excludes halogenated alkanes) is 3. The van der Waals surface area contributed by atoms with Crippen molar-refractivity contribution in [1.29, 1.82) is 0 Å². The Morgan fingerprint density at radius 3 is 2.26 bits per heavy atom. The molecule has 2 heterocycles. The van der Waals surface area contributed by atoms with E-state index in [1.54, 1.807) is 11.3 Å². The van der Waals surface area contributed by atoms with Gasteiger partial charge in [0.05, 0.1) is 23.8 Å². The summed E-state index contributed by atoms with van der Waals surface area (Å²) in [4.78, 5) is 27.9. The molecule has 0 aliphatic rings. The number of pyridine rings is 1. The zero-order valence-corrected chi connectivity index (χ0v) is 24.5. The van der Waals surface area contributed by atoms with Crippen LogP contribution in [-0.2, 0) is 22.4 Å². The maximum atomic E-state index is 11.2. The quantitative estimate of drug-likeness (QED) is 0.114. The lowest BCUT2D eigenvalue weighted by Crippen LogP contribution is -2.07. The number of carboxylic acids is 2. The third-order valence-corrected chi connectivity index (χ3v) is 7.78. The van der Waals surface area contributed by atoms with Crippen molar-refractivity contribution in [3.05, 3.63) is 89.3 Å². The fourth-order valence-corrected chi connectivity index (χ4v) is 5.46. The van der Waals surface area contributed by atoms with Gasteiger partial charge in [-0.1, -0.05) is 61.4 Å². The third-order valence-electron chi connectivity index (χ3n) is 6.88. The predicted octanol–water partition coefficient (Wildman–Crippen LogP) is 7.92. The topological polar surface area (TPSA) is 106 Å². The van der Waals surface area contributed by atoms with Crippen LogP contribution < -0.4 is 9.47 Å². The smallest absolute Gasteiger partial charge is 0.303 e. The fraction of sp³-hybridized carbons (Fsp3) is 0.324. The third kappa shape index (κ3) is 9.73. The Morgan fingerprint density at radius 2 is 1.50 bits per heavy atom. The van der Waals surface area contributed by atoms with Gasteiger partial charge < -0.3 is 19.7 Å². The average molecular weight is 588 g/mol. The number of nitrogens with zero attached hydrogens (tertiary/aromatic N) is 1. The number of aromatic nitrogens is 1. The Hall–Kier alpha value is -4.17. The SMILES string of the molecule is O=C(O)CCCOc1cccc(CCCCCCOc2cc(-c3ccccc3)cc(-c3cccs3)n2)c1CCC(=O)O. The molecule has 0 amide bonds. The molecule has 8 heteroatoms. The maximum Gasteiger partial charge on any atom is 0.303 e. The minimum absolute atomic E-state index is 0.0214. The van der Waals surface area contributed by atoms with Crippen LogP contribution in [0.1, 0.15) is 56.1 Å². The number of carbonyl (C=O) groups is 2. The molecule has 220 valence electrons. The number of carboxylic acid groups (broad SMARTS) is 2. The number of aryl methyl sites for hydroxylation is 1. The van der Waals surface area contributed by atoms with Crippen molar-refractivity contribution >= 4 is 23.3 Å². The minimum Gasteiger partial charge on any atom is -0.493 e. The van der Waals surface area contributed by atoms with E-state index < -0.39 is 11.9 Å². The second-order valence-electron chi connectivity index (χ2n) is 10.1. The number of hydrogen-bond acceptors (Lipinski definition) is 6. The second-order valence-corrected chi connectivity index (χ2v) is 11.0. The maximum absolute atomic E-state index is 11.2. The largest absolute Gasteiger partial charge is 0.493 e. The summed E-state index contributed by atoms with van der Waals surface area (Å²) in [6, 6.07) is 24.2. The highest BCUT2D eigenvalue weighted by Gasteiger charge is 2.13. The molecule has 0 aliphatic carbocycles. The van der Waals surface area contributed by atoms with Crippen molar-refractivity contribution in [2.45, 2.75) is 57.8 Å². The van der Waals surface area contributed by atoms with Crippen LogP contribution in [0, 0.1) is 0 Å². The summed E-state index contributed by atoms with van der Waals surface area (Å²) in [6.45, 7) is 0.867. The lowest BCUT2D eigenvalue weighted by Gasteiger charge is -2.15. The summed E-state index contributed by atoms with van der Waals surface area (Å²) in [5, 5.41) is 20.1. The van der Waals surface area contributed by atoms with Gasteiger partial charge in [-0.3, -0.25) is 9.59 Å². The van der Waals surface area contributed by atoms with Crippen molar-refractivity contribution in [2.75, 3.05) is 13.2 Å². The fourth-order valence-electron chi connectivity index (χ4n) is 4.78. The molecule has 2 aromatic heterocycles. The first-order valence-electron chi connectivity index (χ1n) is 14.4. The molecule has 2 N–H and O–H groups in total. The van der Waals surface area contributed by atoms with Crippen LogP contribution in [0.4, 0.5) is 0 Å². The Kier molecular flexibility index (Phi) is 12.0. The molecule has 0 radical (unpaired) electrons. The van der Waals surface area contributed by atoms with E-state index in [0.29, 0.717) is 31.1 Å². The Bertz CT molecular complexity index is 1420. The molecule has 0 fully saturated rings. The molecule has 0 unspecified atom stereocenters. The van der Waals surface area contributed by atoms with Crippen LogP contribution in [0.2, 0.25) is 0 Å². The standard InChI is InChI=1S/C34H37NO6S/c36-33(37)17-9-21-40-30-15-8-14-26(28(30)18-19-34(38)39)13-4-1-2-7-20-41-32-24-27(25-11-5-3-6-12-25)23-29(35-32)31-16-10-22-42-31/h3,5-6,8,10-12,14-16,22-24H,1-2,4,7,9,13,17-21H2,(H,36,37)(H,38,39). The van der Waals surface area contributed by atoms with Gasteiger partial charge in [-0.15, -0.1) is 11.3 Å². The summed E-state index contributed by atoms with van der Waals surface area (Å²) in [7, 11) is 0. The molecule has 0 atom stereocenters. The van der Waals surface area contributed by atoms with Gasteiger partial charge in [-0.2, -0.15) is 0 Å². The molecule has 42 heavy (non-hydrogen) atoms. The normalized spacial score (nSPS) is 10.9. The number of thiophene rings is 1. The van der Waals surface area contributed by atoms with E-state index in [2.05, 4.69) is 24.3 Å². The van der Waals surface area contributed by atoms with E-state index in [9.17, 15) is 14.7 Å². The summed E-state index contributed by atoms with van der Waals surface area (Å²) >= 11 is 1.66. The highest BCUT2D eigenvalue weighted by Crippen LogP contribution is 2.31. The van der Waals surface area contributed by atoms with Crippen LogP contribution in [0.3, 0.4) is 0 Å². The van der Waals surface area contributed by atoms with Gasteiger partial charge in [0, 0.05) is 18.9 Å². The molecule has 0 aliphatic heterocycles. The van der Waals surface area contributed by atoms with Gasteiger partial charge in [0.25, 0.3) is 0 Å². The second kappa shape index (κ2) is 16.3. The van der Waals surface area contributed by atoms with Crippen molar-refractivity contribution in [1.82, 2.24) is 4.98 Å². The number of benzene rings is 2. The van der Waals surface area contributed by atoms with Crippen LogP contribution in [0.25, 0.3) is 21.7 Å². The number of hydrogen-bond donors (Lipinski definition) is 2. The summed E-state index contributed by atoms with van der Waals surface area (Å²) in [5.41, 5.74) is 5.11. The van der Waals surface area contributed by atoms with Crippen LogP contribution in [-0.4, -0.2) is 40.3 Å². The Labute approximate surface area is 250 Å². The van der Waals surface area contributed by atoms with E-state index in [1.165, 1.54) is 0 Å². The van der Waals surface area contributed by atoms with E-state index >= 15 is 0 Å². The van der Waals surface area contributed by atoms with Crippen molar-refractivity contribution in [3.63, 3.8) is 0 Å². The highest BCUT2D eigenvalue weighted by molar-refractivity contribution is 7.13. The van der Waals surface area contributed by atoms with Crippen molar-refractivity contribution < 1.29 is 29.3 Å². The zero-order valence-electron chi connectivity index (χ0n) is 23.7. The molecular weight excluding hydrogens is 550 g/mol. The molecule has 7 nitrogen and oxygen atoms in total. The van der Waals surface area contributed by atoms with Gasteiger partial charge in [0.2, 0.25) is 5.88 Å². The summed E-state index contributed by atoms with van der Waals surface area (Å²) < 4.78 is 12.0. The lowest BCUT2D eigenvalue weighted by atomic mass is 9.97. The van der Waals surface area contributed by atoms with E-state index in [4.69, 9.17) is 19.6 Å². The monoisotopic (exact) mass is 587 g/mol. The molecule has 4 aromatic rings. The molecular formula is C34H37NO6S. The van der Waals surface area contributed by atoms with Crippen LogP contribution in [0.5, 0.6) is 11.6 Å². The van der Waals surface area contributed by atoms with Crippen LogP contribution in [0.15, 0.2) is 78.2 Å². The van der Waals surface area contributed by atoms with Gasteiger partial charge >= 0.3 is 11.9 Å². The number of aliphatic carboxylic acids is 2. The van der Waals surface area contributed by atoms with E-state index in [-0.39, 0.29) is 19.4 Å². The summed E-state index contributed by atoms with van der Waals surface area (Å²) in [6.07, 6.45) is 5.57. The van der Waals surface area contributed by atoms with Gasteiger partial charge in [0.15, 0.2) is 0 Å². The number of rotatable bonds is 18. The minimum atomic E-state index is -0.857. The van der Waals surface area contributed by atoms with Gasteiger partial charge in [-0.05, 0) is 77.9 Å². The molecule has 0 saturated carbocycles. The predicted molar refractivity (Wildman–Crippen MR) is 165 cm³/mol. The molecule has 2 aromatic carbocycles. The number of ether oxygens (including phenoxy) is 2. The Morgan fingerprint density at radius 1 is 0.714 bits per heavy atom. The first-order chi connectivity index (χ1) is 20.5. The van der Waals surface area contributed by atoms with E-state index in [1.807, 2.05) is 53.9 Å². The van der Waals surface area contributed by atoms with Gasteiger partial charge in [-0.25, -0.2) is 4.98 Å². The zero-order chi connectivity index (χ0) is 29.6. The molecule has 0 bridgehead atoms. The van der Waals surface area contributed by atoms with Crippen molar-refractivity contribution in [3.8, 4) is 33.3 Å². The molecule has 0 spiro atoms. The Balaban J connectivity index is 1.28. The first kappa shape index (κ1) is 30.8. The van der Waals surface area contributed by atoms with Crippen LogP contribution >= 0.6 is 11.3 Å². The summed E-state index contributed by atoms with van der Waals surface area (Å²) in [5.74, 6) is -0.431. The molecule has 0 saturated heterocycles. The first-order valence-corrected chi connectivity index (χ1v) is 15.3. The lowest BCUT2D eigenvalue weighted by molar-refractivity contribution is -0.138. The van der Waals surface area contributed by atoms with E-state index in [0.717, 1.165) is 64.9 Å². The molecule has 4 rings (SSSR count). The van der Waals surface area contributed by atoms with Gasteiger partial charge in [0.1, 0.15) is 5.75 Å². The van der Waals surface area contributed by atoms with Crippen molar-refractivity contribution in [2.24, 2.45) is 0 Å². The average Bonchev–Trinajstić information content (AvgIpc) is 3.54.